The summed E-state index contributed by atoms with van der Waals surface area (Å²) in [6.07, 6.45) is 0. The second kappa shape index (κ2) is 12.8. The number of rotatable bonds is 5. The quantitative estimate of drug-likeness (QED) is 0.176. The molecule has 12 rings (SSSR count). The van der Waals surface area contributed by atoms with Gasteiger partial charge in [0.05, 0.1) is 11.0 Å². The van der Waals surface area contributed by atoms with Crippen molar-refractivity contribution in [3.05, 3.63) is 194 Å². The molecule has 3 aromatic heterocycles. The summed E-state index contributed by atoms with van der Waals surface area (Å²) in [5.41, 5.74) is 10.1. The zero-order valence-corrected chi connectivity index (χ0v) is 31.2. The number of para-hydroxylation sites is 1. The van der Waals surface area contributed by atoms with E-state index in [4.69, 9.17) is 19.4 Å². The van der Waals surface area contributed by atoms with Gasteiger partial charge in [0.15, 0.2) is 17.5 Å². The molecule has 0 aliphatic heterocycles. The van der Waals surface area contributed by atoms with Crippen molar-refractivity contribution in [2.45, 2.75) is 0 Å². The number of aromatic nitrogens is 4. The highest BCUT2D eigenvalue weighted by Crippen LogP contribution is 2.43. The predicted molar refractivity (Wildman–Crippen MR) is 238 cm³/mol. The van der Waals surface area contributed by atoms with Crippen LogP contribution in [-0.2, 0) is 0 Å². The number of hydrogen-bond donors (Lipinski definition) is 0. The third-order valence-electron chi connectivity index (χ3n) is 11.4. The largest absolute Gasteiger partial charge is 0.456 e. The fourth-order valence-electron chi connectivity index (χ4n) is 8.76. The molecule has 0 N–H and O–H groups in total. The lowest BCUT2D eigenvalue weighted by atomic mass is 9.95. The van der Waals surface area contributed by atoms with Gasteiger partial charge in [-0.25, -0.2) is 15.0 Å². The number of fused-ring (bicyclic) bond motifs is 9. The van der Waals surface area contributed by atoms with Gasteiger partial charge in [-0.2, -0.15) is 0 Å². The maximum absolute atomic E-state index is 6.74. The Hall–Kier alpha value is -7.89. The first-order valence-electron chi connectivity index (χ1n) is 19.5. The van der Waals surface area contributed by atoms with Gasteiger partial charge in [-0.1, -0.05) is 152 Å². The smallest absolute Gasteiger partial charge is 0.164 e. The Morgan fingerprint density at radius 3 is 1.86 bits per heavy atom. The summed E-state index contributed by atoms with van der Waals surface area (Å²) in [6.45, 7) is 0. The third-order valence-corrected chi connectivity index (χ3v) is 11.4. The summed E-state index contributed by atoms with van der Waals surface area (Å²) >= 11 is 0. The average molecular weight is 741 g/mol. The molecule has 0 amide bonds. The molecule has 58 heavy (non-hydrogen) atoms. The van der Waals surface area contributed by atoms with Crippen LogP contribution >= 0.6 is 0 Å². The Morgan fingerprint density at radius 1 is 0.362 bits per heavy atom. The van der Waals surface area contributed by atoms with E-state index in [1.165, 1.54) is 43.6 Å². The van der Waals surface area contributed by atoms with E-state index >= 15 is 0 Å². The molecular weight excluding hydrogens is 709 g/mol. The molecule has 0 aliphatic rings. The monoisotopic (exact) mass is 740 g/mol. The highest BCUT2D eigenvalue weighted by atomic mass is 16.3. The van der Waals surface area contributed by atoms with Gasteiger partial charge in [0.2, 0.25) is 0 Å². The Balaban J connectivity index is 1.07. The van der Waals surface area contributed by atoms with Crippen molar-refractivity contribution in [2.24, 2.45) is 0 Å². The standard InChI is InChI=1S/C53H32N4O/c1-3-15-34(16-4-1)44-32-45-40-21-11-12-24-46(40)57(50(45)41-22-10-9-20-39(41)44)38-28-29-42-48(31-38)58-47-25-13-23-43(49(42)47)53-55-51(35-17-5-2-6-18-35)54-52(56-53)37-27-26-33-14-7-8-19-36(33)30-37/h1-32H. The van der Waals surface area contributed by atoms with Crippen LogP contribution in [0.2, 0.25) is 0 Å². The van der Waals surface area contributed by atoms with Gasteiger partial charge in [0.1, 0.15) is 11.2 Å². The van der Waals surface area contributed by atoms with Gasteiger partial charge < -0.3 is 8.98 Å². The van der Waals surface area contributed by atoms with Crippen LogP contribution in [0.1, 0.15) is 0 Å². The zero-order chi connectivity index (χ0) is 38.2. The van der Waals surface area contributed by atoms with Gasteiger partial charge in [0.25, 0.3) is 0 Å². The summed E-state index contributed by atoms with van der Waals surface area (Å²) in [4.78, 5) is 15.3. The molecule has 5 nitrogen and oxygen atoms in total. The van der Waals surface area contributed by atoms with Gasteiger partial charge >= 0.3 is 0 Å². The molecule has 270 valence electrons. The van der Waals surface area contributed by atoms with Gasteiger partial charge in [0, 0.05) is 55.4 Å². The Morgan fingerprint density at radius 2 is 1.03 bits per heavy atom. The van der Waals surface area contributed by atoms with E-state index in [2.05, 4.69) is 156 Å². The SMILES string of the molecule is c1ccc(-c2nc(-c3ccc4ccccc4c3)nc(-c3cccc4oc5cc(-n6c7ccccc7c7cc(-c8ccccc8)c8ccccc8c76)ccc5c34)n2)cc1. The first-order valence-corrected chi connectivity index (χ1v) is 19.5. The maximum Gasteiger partial charge on any atom is 0.164 e. The highest BCUT2D eigenvalue weighted by molar-refractivity contribution is 6.22. The lowest BCUT2D eigenvalue weighted by Crippen LogP contribution is -2.00. The topological polar surface area (TPSA) is 56.7 Å². The second-order valence-electron chi connectivity index (χ2n) is 14.8. The van der Waals surface area contributed by atoms with Gasteiger partial charge in [-0.05, 0) is 63.7 Å². The molecule has 0 saturated carbocycles. The van der Waals surface area contributed by atoms with Crippen molar-refractivity contribution >= 4 is 65.3 Å². The van der Waals surface area contributed by atoms with E-state index in [0.717, 1.165) is 55.2 Å². The molecule has 0 radical (unpaired) electrons. The average Bonchev–Trinajstić information content (AvgIpc) is 3.84. The number of nitrogens with zero attached hydrogens (tertiary/aromatic N) is 4. The molecule has 0 spiro atoms. The van der Waals surface area contributed by atoms with Crippen molar-refractivity contribution in [2.75, 3.05) is 0 Å². The molecule has 3 heterocycles. The maximum atomic E-state index is 6.74. The highest BCUT2D eigenvalue weighted by Gasteiger charge is 2.21. The van der Waals surface area contributed by atoms with E-state index < -0.39 is 0 Å². The summed E-state index contributed by atoms with van der Waals surface area (Å²) in [6, 6.07) is 68.0. The lowest BCUT2D eigenvalue weighted by Gasteiger charge is -2.13. The number of hydrogen-bond acceptors (Lipinski definition) is 4. The Kier molecular flexibility index (Phi) is 7.16. The summed E-state index contributed by atoms with van der Waals surface area (Å²) in [5, 5.41) is 9.12. The molecule has 12 aromatic rings. The summed E-state index contributed by atoms with van der Waals surface area (Å²) < 4.78 is 9.13. The van der Waals surface area contributed by atoms with Crippen LogP contribution in [0.15, 0.2) is 199 Å². The van der Waals surface area contributed by atoms with Crippen molar-refractivity contribution in [3.8, 4) is 51.0 Å². The Labute approximate surface area is 333 Å². The van der Waals surface area contributed by atoms with Crippen molar-refractivity contribution in [3.63, 3.8) is 0 Å². The minimum atomic E-state index is 0.595. The van der Waals surface area contributed by atoms with Crippen LogP contribution in [-0.4, -0.2) is 19.5 Å². The van der Waals surface area contributed by atoms with E-state index in [0.29, 0.717) is 17.5 Å². The molecule has 0 unspecified atom stereocenters. The van der Waals surface area contributed by atoms with Crippen LogP contribution in [0.4, 0.5) is 0 Å². The van der Waals surface area contributed by atoms with Gasteiger partial charge in [-0.15, -0.1) is 0 Å². The fourth-order valence-corrected chi connectivity index (χ4v) is 8.76. The minimum Gasteiger partial charge on any atom is -0.456 e. The van der Waals surface area contributed by atoms with Crippen molar-refractivity contribution in [1.82, 2.24) is 19.5 Å². The molecule has 9 aromatic carbocycles. The number of furan rings is 1. The summed E-state index contributed by atoms with van der Waals surface area (Å²) in [5.74, 6) is 1.84. The third kappa shape index (κ3) is 5.07. The van der Waals surface area contributed by atoms with E-state index in [1.807, 2.05) is 42.5 Å². The lowest BCUT2D eigenvalue weighted by molar-refractivity contribution is 0.668. The molecule has 0 fully saturated rings. The van der Waals surface area contributed by atoms with Crippen molar-refractivity contribution < 1.29 is 4.42 Å². The first kappa shape index (κ1) is 32.4. The first-order chi connectivity index (χ1) is 28.7. The normalized spacial score (nSPS) is 11.8. The molecular formula is C53H32N4O. The van der Waals surface area contributed by atoms with E-state index in [-0.39, 0.29) is 0 Å². The fraction of sp³-hybridized carbons (Fsp3) is 0. The molecule has 0 atom stereocenters. The van der Waals surface area contributed by atoms with Crippen molar-refractivity contribution in [1.29, 1.82) is 0 Å². The van der Waals surface area contributed by atoms with Crippen LogP contribution in [0.3, 0.4) is 0 Å². The Bertz CT molecular complexity index is 3570. The van der Waals surface area contributed by atoms with E-state index in [9.17, 15) is 0 Å². The molecule has 0 saturated heterocycles. The molecule has 0 bridgehead atoms. The van der Waals surface area contributed by atoms with Crippen LogP contribution in [0.25, 0.3) is 116 Å². The predicted octanol–water partition coefficient (Wildman–Crippen LogP) is 13.8. The zero-order valence-electron chi connectivity index (χ0n) is 31.2. The summed E-state index contributed by atoms with van der Waals surface area (Å²) in [7, 11) is 0. The second-order valence-corrected chi connectivity index (χ2v) is 14.8. The van der Waals surface area contributed by atoms with Gasteiger partial charge in [-0.3, -0.25) is 0 Å². The molecule has 0 aliphatic carbocycles. The van der Waals surface area contributed by atoms with Crippen LogP contribution in [0.5, 0.6) is 0 Å². The van der Waals surface area contributed by atoms with Crippen LogP contribution in [0, 0.1) is 0 Å². The van der Waals surface area contributed by atoms with E-state index in [1.54, 1.807) is 0 Å². The molecule has 5 heteroatoms. The minimum absolute atomic E-state index is 0.595. The van der Waals surface area contributed by atoms with Crippen LogP contribution < -0.4 is 0 Å². The number of benzene rings is 9.